The van der Waals surface area contributed by atoms with Crippen LogP contribution in [0, 0.1) is 12.7 Å². The molecule has 0 saturated heterocycles. The molecule has 2 aromatic carbocycles. The summed E-state index contributed by atoms with van der Waals surface area (Å²) in [5.41, 5.74) is 1.50. The predicted octanol–water partition coefficient (Wildman–Crippen LogP) is 4.07. The van der Waals surface area contributed by atoms with E-state index in [0.717, 1.165) is 0 Å². The van der Waals surface area contributed by atoms with Crippen LogP contribution in [-0.2, 0) is 4.79 Å². The molecule has 0 spiro atoms. The molecule has 5 heteroatoms. The summed E-state index contributed by atoms with van der Waals surface area (Å²) in [5, 5.41) is 0. The highest BCUT2D eigenvalue weighted by Gasteiger charge is 2.30. The third-order valence-electron chi connectivity index (χ3n) is 3.70. The van der Waals surface area contributed by atoms with Gasteiger partial charge in [-0.2, -0.15) is 0 Å². The molecule has 1 aliphatic heterocycles. The molecule has 122 valence electrons. The maximum Gasteiger partial charge on any atom is 0.310 e. The van der Waals surface area contributed by atoms with Gasteiger partial charge in [-0.05, 0) is 42.8 Å². The highest BCUT2D eigenvalue weighted by Crippen LogP contribution is 2.39. The van der Waals surface area contributed by atoms with Crippen molar-refractivity contribution in [3.8, 4) is 11.5 Å². The van der Waals surface area contributed by atoms with E-state index in [4.69, 9.17) is 9.47 Å². The number of rotatable bonds is 3. The molecule has 1 aliphatic rings. The molecule has 0 radical (unpaired) electrons. The van der Waals surface area contributed by atoms with Crippen LogP contribution in [0.2, 0.25) is 0 Å². The fraction of sp³-hybridized carbons (Fsp3) is 0.158. The number of allylic oxidation sites excluding steroid dienone is 1. The largest absolute Gasteiger partial charge is 0.452 e. The third kappa shape index (κ3) is 2.93. The number of hydrogen-bond donors (Lipinski definition) is 0. The molecule has 0 bridgehead atoms. The summed E-state index contributed by atoms with van der Waals surface area (Å²) in [7, 11) is 0. The van der Waals surface area contributed by atoms with Crippen LogP contribution in [0.5, 0.6) is 11.5 Å². The van der Waals surface area contributed by atoms with Gasteiger partial charge in [0.15, 0.2) is 5.76 Å². The second-order valence-electron chi connectivity index (χ2n) is 5.39. The molecule has 0 aliphatic carbocycles. The number of carbonyl (C=O) groups excluding carboxylic acids is 2. The van der Waals surface area contributed by atoms with Gasteiger partial charge in [-0.25, -0.2) is 4.39 Å². The zero-order valence-corrected chi connectivity index (χ0v) is 13.3. The third-order valence-corrected chi connectivity index (χ3v) is 3.70. The van der Waals surface area contributed by atoms with Crippen LogP contribution in [0.4, 0.5) is 4.39 Å². The molecular formula is C19H15FO4. The number of fused-ring (bicyclic) bond motifs is 1. The fourth-order valence-corrected chi connectivity index (χ4v) is 2.42. The van der Waals surface area contributed by atoms with Crippen LogP contribution in [-0.4, -0.2) is 11.8 Å². The number of benzene rings is 2. The molecular weight excluding hydrogens is 311 g/mol. The van der Waals surface area contributed by atoms with Crippen molar-refractivity contribution < 1.29 is 23.5 Å². The average Bonchev–Trinajstić information content (AvgIpc) is 2.87. The van der Waals surface area contributed by atoms with Crippen molar-refractivity contribution in [2.75, 3.05) is 0 Å². The van der Waals surface area contributed by atoms with Crippen LogP contribution in [0.3, 0.4) is 0 Å². The molecule has 0 amide bonds. The van der Waals surface area contributed by atoms with Gasteiger partial charge in [0, 0.05) is 12.0 Å². The minimum absolute atomic E-state index is 0.109. The summed E-state index contributed by atoms with van der Waals surface area (Å²) < 4.78 is 24.1. The maximum absolute atomic E-state index is 13.3. The number of Topliss-reactive ketones (excluding diaryl/α,β-unsaturated/α-hetero) is 1. The first-order chi connectivity index (χ1) is 11.5. The summed E-state index contributed by atoms with van der Waals surface area (Å²) in [5.74, 6) is -0.206. The van der Waals surface area contributed by atoms with E-state index in [1.54, 1.807) is 38.1 Å². The average molecular weight is 326 g/mol. The Balaban J connectivity index is 1.95. The van der Waals surface area contributed by atoms with Gasteiger partial charge >= 0.3 is 5.97 Å². The Kier molecular flexibility index (Phi) is 4.16. The Labute approximate surface area is 138 Å². The first-order valence-electron chi connectivity index (χ1n) is 7.53. The fourth-order valence-electron chi connectivity index (χ4n) is 2.42. The molecule has 0 unspecified atom stereocenters. The highest BCUT2D eigenvalue weighted by molar-refractivity contribution is 6.15. The van der Waals surface area contributed by atoms with E-state index in [-0.39, 0.29) is 23.9 Å². The SMILES string of the molecule is CCC(=O)Oc1ccc2c(c1C)O/C(=C\c1cccc(F)c1)C2=O. The van der Waals surface area contributed by atoms with Gasteiger partial charge in [-0.1, -0.05) is 19.1 Å². The summed E-state index contributed by atoms with van der Waals surface area (Å²) in [6.45, 7) is 3.42. The standard InChI is InChI=1S/C19H15FO4/c1-3-17(21)23-15-8-7-14-18(22)16(24-19(14)11(15)2)10-12-5-4-6-13(20)9-12/h4-10H,3H2,1-2H3/b16-10-. The predicted molar refractivity (Wildman–Crippen MR) is 86.4 cm³/mol. The normalized spacial score (nSPS) is 14.5. The number of carbonyl (C=O) groups is 2. The summed E-state index contributed by atoms with van der Waals surface area (Å²) >= 11 is 0. The van der Waals surface area contributed by atoms with Gasteiger partial charge in [0.1, 0.15) is 17.3 Å². The smallest absolute Gasteiger partial charge is 0.310 e. The van der Waals surface area contributed by atoms with Crippen LogP contribution in [0.15, 0.2) is 42.2 Å². The molecule has 0 fully saturated rings. The molecule has 4 nitrogen and oxygen atoms in total. The van der Waals surface area contributed by atoms with Gasteiger partial charge in [-0.15, -0.1) is 0 Å². The van der Waals surface area contributed by atoms with Crippen molar-refractivity contribution in [3.63, 3.8) is 0 Å². The van der Waals surface area contributed by atoms with E-state index < -0.39 is 5.82 Å². The van der Waals surface area contributed by atoms with Crippen molar-refractivity contribution in [3.05, 3.63) is 64.7 Å². The van der Waals surface area contributed by atoms with Crippen molar-refractivity contribution >= 4 is 17.8 Å². The molecule has 2 aromatic rings. The van der Waals surface area contributed by atoms with Crippen LogP contribution in [0.25, 0.3) is 6.08 Å². The molecule has 1 heterocycles. The lowest BCUT2D eigenvalue weighted by molar-refractivity contribution is -0.134. The maximum atomic E-state index is 13.3. The minimum atomic E-state index is -0.391. The zero-order chi connectivity index (χ0) is 17.3. The molecule has 3 rings (SSSR count). The van der Waals surface area contributed by atoms with Crippen molar-refractivity contribution in [1.82, 2.24) is 0 Å². The van der Waals surface area contributed by atoms with Crippen molar-refractivity contribution in [2.45, 2.75) is 20.3 Å². The first-order valence-corrected chi connectivity index (χ1v) is 7.53. The first kappa shape index (κ1) is 15.9. The lowest BCUT2D eigenvalue weighted by Gasteiger charge is -2.09. The van der Waals surface area contributed by atoms with Gasteiger partial charge < -0.3 is 9.47 Å². The number of ether oxygens (including phenoxy) is 2. The van der Waals surface area contributed by atoms with E-state index in [0.29, 0.717) is 28.2 Å². The second-order valence-corrected chi connectivity index (χ2v) is 5.39. The lowest BCUT2D eigenvalue weighted by atomic mass is 10.1. The van der Waals surface area contributed by atoms with Gasteiger partial charge in [0.25, 0.3) is 0 Å². The quantitative estimate of drug-likeness (QED) is 0.485. The molecule has 0 N–H and O–H groups in total. The summed E-state index contributed by atoms with van der Waals surface area (Å²) in [4.78, 5) is 23.9. The summed E-state index contributed by atoms with van der Waals surface area (Å²) in [6, 6.07) is 9.02. The van der Waals surface area contributed by atoms with Gasteiger partial charge in [0.2, 0.25) is 5.78 Å². The Hall–Kier alpha value is -2.95. The molecule has 0 saturated carbocycles. The van der Waals surface area contributed by atoms with E-state index in [1.165, 1.54) is 18.2 Å². The number of ketones is 1. The molecule has 24 heavy (non-hydrogen) atoms. The number of esters is 1. The zero-order valence-electron chi connectivity index (χ0n) is 13.3. The Morgan fingerprint density at radius 2 is 2.08 bits per heavy atom. The number of halogens is 1. The van der Waals surface area contributed by atoms with E-state index in [1.807, 2.05) is 0 Å². The Bertz CT molecular complexity index is 868. The monoisotopic (exact) mass is 326 g/mol. The van der Waals surface area contributed by atoms with Gasteiger partial charge in [0.05, 0.1) is 5.56 Å². The molecule has 0 aromatic heterocycles. The highest BCUT2D eigenvalue weighted by atomic mass is 19.1. The van der Waals surface area contributed by atoms with E-state index in [9.17, 15) is 14.0 Å². The minimum Gasteiger partial charge on any atom is -0.452 e. The Morgan fingerprint density at radius 1 is 1.29 bits per heavy atom. The Morgan fingerprint density at radius 3 is 2.79 bits per heavy atom. The van der Waals surface area contributed by atoms with Crippen molar-refractivity contribution in [2.24, 2.45) is 0 Å². The van der Waals surface area contributed by atoms with E-state index >= 15 is 0 Å². The van der Waals surface area contributed by atoms with Crippen LogP contribution < -0.4 is 9.47 Å². The second kappa shape index (κ2) is 6.28. The number of hydrogen-bond acceptors (Lipinski definition) is 4. The lowest BCUT2D eigenvalue weighted by Crippen LogP contribution is -2.06. The topological polar surface area (TPSA) is 52.6 Å². The van der Waals surface area contributed by atoms with Crippen LogP contribution in [0.1, 0.15) is 34.8 Å². The van der Waals surface area contributed by atoms with Gasteiger partial charge in [-0.3, -0.25) is 9.59 Å². The summed E-state index contributed by atoms with van der Waals surface area (Å²) in [6.07, 6.45) is 1.74. The van der Waals surface area contributed by atoms with Crippen LogP contribution >= 0.6 is 0 Å². The van der Waals surface area contributed by atoms with E-state index in [2.05, 4.69) is 0 Å². The molecule has 0 atom stereocenters. The van der Waals surface area contributed by atoms with Crippen molar-refractivity contribution in [1.29, 1.82) is 0 Å².